The van der Waals surface area contributed by atoms with Crippen molar-refractivity contribution >= 4 is 28.9 Å². The summed E-state index contributed by atoms with van der Waals surface area (Å²) in [4.78, 5) is 40.8. The predicted molar refractivity (Wildman–Crippen MR) is 119 cm³/mol. The predicted octanol–water partition coefficient (Wildman–Crippen LogP) is 3.31. The molecule has 31 heavy (non-hydrogen) atoms. The number of aromatic nitrogens is 1. The molecule has 0 saturated heterocycles. The Balaban J connectivity index is 2.25. The van der Waals surface area contributed by atoms with E-state index >= 15 is 0 Å². The summed E-state index contributed by atoms with van der Waals surface area (Å²) in [7, 11) is 1.28. The highest BCUT2D eigenvalue weighted by atomic mass is 16.6. The van der Waals surface area contributed by atoms with Crippen LogP contribution in [0.4, 0.5) is 4.79 Å². The van der Waals surface area contributed by atoms with Crippen LogP contribution in [0.2, 0.25) is 0 Å². The van der Waals surface area contributed by atoms with E-state index in [4.69, 9.17) is 9.47 Å². The average molecular weight is 432 g/mol. The van der Waals surface area contributed by atoms with E-state index in [9.17, 15) is 14.4 Å². The summed E-state index contributed by atoms with van der Waals surface area (Å²) in [6.45, 7) is 9.14. The van der Waals surface area contributed by atoms with Gasteiger partial charge in [0, 0.05) is 23.5 Å². The van der Waals surface area contributed by atoms with E-state index < -0.39 is 35.7 Å². The largest absolute Gasteiger partial charge is 0.467 e. The number of carbonyl (C=O) groups is 3. The van der Waals surface area contributed by atoms with Crippen LogP contribution in [0.1, 0.15) is 46.6 Å². The van der Waals surface area contributed by atoms with E-state index in [1.165, 1.54) is 7.11 Å². The molecule has 0 fully saturated rings. The number of hydrogen-bond acceptors (Lipinski definition) is 5. The van der Waals surface area contributed by atoms with Gasteiger partial charge in [-0.05, 0) is 44.7 Å². The lowest BCUT2D eigenvalue weighted by atomic mass is 10.0. The third-order valence-corrected chi connectivity index (χ3v) is 4.62. The summed E-state index contributed by atoms with van der Waals surface area (Å²) in [6.07, 6.45) is 1.76. The van der Waals surface area contributed by atoms with Crippen LogP contribution in [0, 0.1) is 5.92 Å². The highest BCUT2D eigenvalue weighted by molar-refractivity contribution is 5.91. The van der Waals surface area contributed by atoms with Crippen molar-refractivity contribution in [3.63, 3.8) is 0 Å². The number of nitrogens with one attached hydrogen (secondary N) is 3. The Morgan fingerprint density at radius 3 is 2.35 bits per heavy atom. The smallest absolute Gasteiger partial charge is 0.408 e. The van der Waals surface area contributed by atoms with Gasteiger partial charge in [0.15, 0.2) is 0 Å². The second-order valence-corrected chi connectivity index (χ2v) is 8.98. The molecule has 0 radical (unpaired) electrons. The van der Waals surface area contributed by atoms with Crippen molar-refractivity contribution in [1.82, 2.24) is 15.6 Å². The number of aromatic amines is 1. The number of carbonyl (C=O) groups excluding carboxylic acids is 3. The molecule has 0 spiro atoms. The summed E-state index contributed by atoms with van der Waals surface area (Å²) in [6, 6.07) is 5.96. The molecule has 0 unspecified atom stereocenters. The molecule has 2 rings (SSSR count). The Morgan fingerprint density at radius 1 is 1.06 bits per heavy atom. The minimum atomic E-state index is -0.937. The van der Waals surface area contributed by atoms with Crippen molar-refractivity contribution in [1.29, 1.82) is 0 Å². The van der Waals surface area contributed by atoms with Gasteiger partial charge in [0.1, 0.15) is 17.7 Å². The van der Waals surface area contributed by atoms with Gasteiger partial charge in [-0.3, -0.25) is 4.79 Å². The third-order valence-electron chi connectivity index (χ3n) is 4.62. The van der Waals surface area contributed by atoms with Gasteiger partial charge in [-0.15, -0.1) is 0 Å². The number of methoxy groups -OCH3 is 1. The minimum absolute atomic E-state index is 0.162. The molecule has 1 aromatic carbocycles. The van der Waals surface area contributed by atoms with Crippen molar-refractivity contribution in [2.45, 2.75) is 65.1 Å². The molecule has 170 valence electrons. The molecule has 3 N–H and O–H groups in total. The average Bonchev–Trinajstić information content (AvgIpc) is 3.07. The van der Waals surface area contributed by atoms with Gasteiger partial charge >= 0.3 is 12.1 Å². The monoisotopic (exact) mass is 431 g/mol. The SMILES string of the molecule is COC(=O)[C@H](CC(C)C)NC(=O)[C@@H](Cc1c[nH]c2ccccc12)NC(=O)OC(C)(C)C. The topological polar surface area (TPSA) is 110 Å². The molecule has 2 amide bonds. The first-order valence-corrected chi connectivity index (χ1v) is 10.4. The third kappa shape index (κ3) is 7.31. The van der Waals surface area contributed by atoms with E-state index in [1.54, 1.807) is 20.8 Å². The summed E-state index contributed by atoms with van der Waals surface area (Å²) in [5.74, 6) is -0.840. The van der Waals surface area contributed by atoms with E-state index in [-0.39, 0.29) is 12.3 Å². The van der Waals surface area contributed by atoms with Crippen molar-refractivity contribution < 1.29 is 23.9 Å². The summed E-state index contributed by atoms with van der Waals surface area (Å²) < 4.78 is 10.2. The molecule has 0 bridgehead atoms. The molecule has 2 atom stereocenters. The molecule has 1 aromatic heterocycles. The Morgan fingerprint density at radius 2 is 1.74 bits per heavy atom. The number of amides is 2. The molecule has 1 heterocycles. The lowest BCUT2D eigenvalue weighted by molar-refractivity contribution is -0.145. The Labute approximate surface area is 183 Å². The van der Waals surface area contributed by atoms with Gasteiger partial charge in [0.2, 0.25) is 5.91 Å². The van der Waals surface area contributed by atoms with Crippen LogP contribution < -0.4 is 10.6 Å². The number of para-hydroxylation sites is 1. The van der Waals surface area contributed by atoms with Crippen LogP contribution in [0.25, 0.3) is 10.9 Å². The number of esters is 1. The Hall–Kier alpha value is -3.03. The zero-order chi connectivity index (χ0) is 23.2. The van der Waals surface area contributed by atoms with Crippen molar-refractivity contribution in [2.75, 3.05) is 7.11 Å². The maximum Gasteiger partial charge on any atom is 0.408 e. The van der Waals surface area contributed by atoms with Crippen LogP contribution >= 0.6 is 0 Å². The maximum absolute atomic E-state index is 13.1. The van der Waals surface area contributed by atoms with Gasteiger partial charge in [-0.2, -0.15) is 0 Å². The molecular weight excluding hydrogens is 398 g/mol. The number of rotatable bonds is 8. The number of alkyl carbamates (subject to hydrolysis) is 1. The van der Waals surface area contributed by atoms with Gasteiger partial charge in [0.05, 0.1) is 7.11 Å². The number of fused-ring (bicyclic) bond motifs is 1. The van der Waals surface area contributed by atoms with Gasteiger partial charge in [-0.25, -0.2) is 9.59 Å². The van der Waals surface area contributed by atoms with Crippen LogP contribution in [0.15, 0.2) is 30.5 Å². The highest BCUT2D eigenvalue weighted by Gasteiger charge is 2.30. The second kappa shape index (κ2) is 10.3. The molecule has 2 aromatic rings. The van der Waals surface area contributed by atoms with E-state index in [0.717, 1.165) is 16.5 Å². The molecule has 8 heteroatoms. The van der Waals surface area contributed by atoms with Crippen molar-refractivity contribution in [2.24, 2.45) is 5.92 Å². The number of benzene rings is 1. The fourth-order valence-electron chi connectivity index (χ4n) is 3.28. The highest BCUT2D eigenvalue weighted by Crippen LogP contribution is 2.20. The zero-order valence-corrected chi connectivity index (χ0v) is 19.1. The molecule has 8 nitrogen and oxygen atoms in total. The first kappa shape index (κ1) is 24.2. The quantitative estimate of drug-likeness (QED) is 0.556. The van der Waals surface area contributed by atoms with Crippen molar-refractivity contribution in [3.05, 3.63) is 36.0 Å². The normalized spacial score (nSPS) is 13.5. The number of H-pyrrole nitrogens is 1. The zero-order valence-electron chi connectivity index (χ0n) is 19.1. The van der Waals surface area contributed by atoms with E-state index in [1.807, 2.05) is 44.3 Å². The molecule has 0 aliphatic heterocycles. The van der Waals surface area contributed by atoms with Crippen molar-refractivity contribution in [3.8, 4) is 0 Å². The molecular formula is C23H33N3O5. The van der Waals surface area contributed by atoms with Crippen LogP contribution in [-0.2, 0) is 25.5 Å². The van der Waals surface area contributed by atoms with E-state index in [0.29, 0.717) is 6.42 Å². The summed E-state index contributed by atoms with van der Waals surface area (Å²) >= 11 is 0. The maximum atomic E-state index is 13.1. The minimum Gasteiger partial charge on any atom is -0.467 e. The summed E-state index contributed by atoms with van der Waals surface area (Å²) in [5, 5.41) is 6.34. The fourth-order valence-corrected chi connectivity index (χ4v) is 3.28. The van der Waals surface area contributed by atoms with Crippen LogP contribution in [-0.4, -0.2) is 47.7 Å². The van der Waals surface area contributed by atoms with E-state index in [2.05, 4.69) is 15.6 Å². The summed E-state index contributed by atoms with van der Waals surface area (Å²) in [5.41, 5.74) is 1.09. The van der Waals surface area contributed by atoms with Crippen LogP contribution in [0.3, 0.4) is 0 Å². The second-order valence-electron chi connectivity index (χ2n) is 8.98. The van der Waals surface area contributed by atoms with Gasteiger partial charge < -0.3 is 25.1 Å². The number of hydrogen-bond donors (Lipinski definition) is 3. The standard InChI is InChI=1S/C23H33N3O5/c1-14(2)11-19(21(28)30-6)25-20(27)18(26-22(29)31-23(3,4)5)12-15-13-24-17-10-8-7-9-16(15)17/h7-10,13-14,18-19,24H,11-12H2,1-6H3,(H,25,27)(H,26,29)/t18-,19+/m1/s1. The Kier molecular flexibility index (Phi) is 8.08. The number of ether oxygens (including phenoxy) is 2. The first-order chi connectivity index (χ1) is 14.5. The van der Waals surface area contributed by atoms with Gasteiger partial charge in [0.25, 0.3) is 0 Å². The first-order valence-electron chi connectivity index (χ1n) is 10.4. The van der Waals surface area contributed by atoms with Crippen LogP contribution in [0.5, 0.6) is 0 Å². The molecule has 0 aliphatic rings. The lowest BCUT2D eigenvalue weighted by Gasteiger charge is -2.25. The Bertz CT molecular complexity index is 913. The lowest BCUT2D eigenvalue weighted by Crippen LogP contribution is -2.53. The van der Waals surface area contributed by atoms with Gasteiger partial charge in [-0.1, -0.05) is 32.0 Å². The molecule has 0 saturated carbocycles. The fraction of sp³-hybridized carbons (Fsp3) is 0.522. The molecule has 0 aliphatic carbocycles.